The summed E-state index contributed by atoms with van der Waals surface area (Å²) in [5, 5.41) is 12.3. The maximum absolute atomic E-state index is 13.6. The van der Waals surface area contributed by atoms with Crippen LogP contribution in [0.4, 0.5) is 4.39 Å². The van der Waals surface area contributed by atoms with Gasteiger partial charge in [-0.3, -0.25) is 9.89 Å². The van der Waals surface area contributed by atoms with Crippen LogP contribution >= 0.6 is 11.3 Å². The van der Waals surface area contributed by atoms with Crippen LogP contribution in [0, 0.1) is 5.82 Å². The molecule has 2 aromatic heterocycles. The topological polar surface area (TPSA) is 55.5 Å². The molecule has 7 heteroatoms. The first-order valence-electron chi connectivity index (χ1n) is 10.7. The Balaban J connectivity index is 1.29. The summed E-state index contributed by atoms with van der Waals surface area (Å²) < 4.78 is 13.6. The van der Waals surface area contributed by atoms with Gasteiger partial charge in [-0.15, -0.1) is 0 Å². The predicted molar refractivity (Wildman–Crippen MR) is 124 cm³/mol. The number of likely N-dealkylation sites (tertiary alicyclic amines) is 1. The number of nitrogens with one attached hydrogen (secondary N) is 3. The zero-order valence-corrected chi connectivity index (χ0v) is 18.3. The molecule has 3 aromatic rings. The third kappa shape index (κ3) is 5.40. The predicted octanol–water partition coefficient (Wildman–Crippen LogP) is 4.13. The summed E-state index contributed by atoms with van der Waals surface area (Å²) >= 11 is 1.77. The molecule has 1 aliphatic rings. The quantitative estimate of drug-likeness (QED) is 0.393. The molecule has 0 aliphatic carbocycles. The third-order valence-electron chi connectivity index (χ3n) is 5.64. The lowest BCUT2D eigenvalue weighted by Crippen LogP contribution is -2.48. The third-order valence-corrected chi connectivity index (χ3v) is 6.37. The van der Waals surface area contributed by atoms with Crippen molar-refractivity contribution in [2.45, 2.75) is 38.8 Å². The first kappa shape index (κ1) is 20.9. The van der Waals surface area contributed by atoms with Crippen molar-refractivity contribution < 1.29 is 4.39 Å². The van der Waals surface area contributed by atoms with Crippen LogP contribution in [0.25, 0.3) is 10.9 Å². The zero-order valence-electron chi connectivity index (χ0n) is 17.5. The summed E-state index contributed by atoms with van der Waals surface area (Å²) in [6.45, 7) is 6.84. The molecular formula is C23H30FN5S. The number of aromatic amines is 1. The van der Waals surface area contributed by atoms with Crippen molar-refractivity contribution in [3.8, 4) is 0 Å². The van der Waals surface area contributed by atoms with Crippen LogP contribution in [-0.2, 0) is 13.0 Å². The number of hydrogen-bond acceptors (Lipinski definition) is 3. The Morgan fingerprint density at radius 1 is 1.30 bits per heavy atom. The SMILES string of the molecule is CCNC(=NCCc1c[nH]c2ccc(F)cc12)NC1CCN(Cc2ccsc2)CC1. The maximum atomic E-state index is 13.6. The van der Waals surface area contributed by atoms with E-state index in [2.05, 4.69) is 44.3 Å². The van der Waals surface area contributed by atoms with Gasteiger partial charge < -0.3 is 15.6 Å². The number of hydrogen-bond donors (Lipinski definition) is 3. The fourth-order valence-electron chi connectivity index (χ4n) is 4.04. The second kappa shape index (κ2) is 10.1. The van der Waals surface area contributed by atoms with Crippen molar-refractivity contribution in [2.75, 3.05) is 26.2 Å². The minimum absolute atomic E-state index is 0.202. The van der Waals surface area contributed by atoms with Gasteiger partial charge in [0.2, 0.25) is 0 Å². The minimum atomic E-state index is -0.202. The van der Waals surface area contributed by atoms with E-state index in [9.17, 15) is 4.39 Å². The lowest BCUT2D eigenvalue weighted by molar-refractivity contribution is 0.198. The van der Waals surface area contributed by atoms with Crippen LogP contribution in [0.3, 0.4) is 0 Å². The second-order valence-corrected chi connectivity index (χ2v) is 8.62. The van der Waals surface area contributed by atoms with E-state index < -0.39 is 0 Å². The van der Waals surface area contributed by atoms with Gasteiger partial charge in [0.15, 0.2) is 5.96 Å². The minimum Gasteiger partial charge on any atom is -0.361 e. The Hall–Kier alpha value is -2.38. The average molecular weight is 428 g/mol. The van der Waals surface area contributed by atoms with Gasteiger partial charge in [-0.05, 0) is 72.3 Å². The first-order chi connectivity index (χ1) is 14.7. The van der Waals surface area contributed by atoms with Crippen LogP contribution in [-0.4, -0.2) is 48.1 Å². The number of benzene rings is 1. The molecule has 0 amide bonds. The molecule has 0 bridgehead atoms. The number of rotatable bonds is 7. The van der Waals surface area contributed by atoms with Crippen LogP contribution < -0.4 is 10.6 Å². The number of aromatic nitrogens is 1. The first-order valence-corrected chi connectivity index (χ1v) is 11.7. The highest BCUT2D eigenvalue weighted by atomic mass is 32.1. The Labute approximate surface area is 181 Å². The summed E-state index contributed by atoms with van der Waals surface area (Å²) in [6.07, 6.45) is 4.98. The van der Waals surface area contributed by atoms with E-state index in [1.807, 2.05) is 6.20 Å². The number of aliphatic imine (C=N–C) groups is 1. The van der Waals surface area contributed by atoms with Gasteiger partial charge in [-0.25, -0.2) is 4.39 Å². The fourth-order valence-corrected chi connectivity index (χ4v) is 4.70. The van der Waals surface area contributed by atoms with E-state index in [1.54, 1.807) is 23.5 Å². The molecule has 4 rings (SSSR count). The summed E-state index contributed by atoms with van der Waals surface area (Å²) in [4.78, 5) is 10.5. The summed E-state index contributed by atoms with van der Waals surface area (Å²) in [7, 11) is 0. The number of piperidine rings is 1. The second-order valence-electron chi connectivity index (χ2n) is 7.84. The molecule has 1 aliphatic heterocycles. The molecule has 1 fully saturated rings. The van der Waals surface area contributed by atoms with Crippen LogP contribution in [0.1, 0.15) is 30.9 Å². The maximum Gasteiger partial charge on any atom is 0.191 e. The Bertz CT molecular complexity index is 957. The molecule has 0 radical (unpaired) electrons. The smallest absolute Gasteiger partial charge is 0.191 e. The highest BCUT2D eigenvalue weighted by Gasteiger charge is 2.20. The zero-order chi connectivity index (χ0) is 20.8. The van der Waals surface area contributed by atoms with Crippen molar-refractivity contribution in [3.63, 3.8) is 0 Å². The summed E-state index contributed by atoms with van der Waals surface area (Å²) in [5.41, 5.74) is 3.49. The molecule has 1 saturated heterocycles. The van der Waals surface area contributed by atoms with Gasteiger partial charge in [-0.1, -0.05) is 0 Å². The van der Waals surface area contributed by atoms with E-state index in [-0.39, 0.29) is 5.82 Å². The normalized spacial score (nSPS) is 16.3. The molecule has 0 unspecified atom stereocenters. The molecular weight excluding hydrogens is 397 g/mol. The van der Waals surface area contributed by atoms with E-state index in [0.29, 0.717) is 12.6 Å². The average Bonchev–Trinajstić information content (AvgIpc) is 3.39. The van der Waals surface area contributed by atoms with Crippen molar-refractivity contribution in [3.05, 3.63) is 58.2 Å². The molecule has 3 heterocycles. The lowest BCUT2D eigenvalue weighted by atomic mass is 10.0. The molecule has 0 saturated carbocycles. The largest absolute Gasteiger partial charge is 0.361 e. The van der Waals surface area contributed by atoms with E-state index in [0.717, 1.165) is 67.9 Å². The number of fused-ring (bicyclic) bond motifs is 1. The van der Waals surface area contributed by atoms with Gasteiger partial charge in [0.25, 0.3) is 0 Å². The molecule has 0 atom stereocenters. The van der Waals surface area contributed by atoms with Crippen LogP contribution in [0.2, 0.25) is 0 Å². The van der Waals surface area contributed by atoms with Gasteiger partial charge in [0, 0.05) is 55.9 Å². The van der Waals surface area contributed by atoms with Gasteiger partial charge in [0.1, 0.15) is 5.82 Å². The van der Waals surface area contributed by atoms with Crippen LogP contribution in [0.5, 0.6) is 0 Å². The molecule has 3 N–H and O–H groups in total. The Kier molecular flexibility index (Phi) is 7.02. The fraction of sp³-hybridized carbons (Fsp3) is 0.435. The molecule has 5 nitrogen and oxygen atoms in total. The number of H-pyrrole nitrogens is 1. The van der Waals surface area contributed by atoms with Gasteiger partial charge >= 0.3 is 0 Å². The molecule has 1 aromatic carbocycles. The Morgan fingerprint density at radius 3 is 2.93 bits per heavy atom. The van der Waals surface area contributed by atoms with Crippen molar-refractivity contribution in [1.29, 1.82) is 0 Å². The summed E-state index contributed by atoms with van der Waals surface area (Å²) in [6, 6.07) is 7.53. The molecule has 30 heavy (non-hydrogen) atoms. The number of nitrogens with zero attached hydrogens (tertiary/aromatic N) is 2. The van der Waals surface area contributed by atoms with E-state index >= 15 is 0 Å². The van der Waals surface area contributed by atoms with Crippen molar-refractivity contribution in [1.82, 2.24) is 20.5 Å². The summed E-state index contributed by atoms with van der Waals surface area (Å²) in [5.74, 6) is 0.673. The molecule has 0 spiro atoms. The lowest BCUT2D eigenvalue weighted by Gasteiger charge is -2.33. The standard InChI is InChI=1S/C23H30FN5S/c1-2-25-23(26-9-5-18-14-27-22-4-3-19(24)13-21(18)22)28-20-6-10-29(11-7-20)15-17-8-12-30-16-17/h3-4,8,12-14,16,20,27H,2,5-7,9-11,15H2,1H3,(H2,25,26,28). The highest BCUT2D eigenvalue weighted by molar-refractivity contribution is 7.07. The number of halogens is 1. The van der Waals surface area contributed by atoms with Gasteiger partial charge in [-0.2, -0.15) is 11.3 Å². The highest BCUT2D eigenvalue weighted by Crippen LogP contribution is 2.20. The number of thiophene rings is 1. The van der Waals surface area contributed by atoms with Crippen molar-refractivity contribution >= 4 is 28.2 Å². The van der Waals surface area contributed by atoms with E-state index in [1.165, 1.54) is 11.6 Å². The van der Waals surface area contributed by atoms with Gasteiger partial charge in [0.05, 0.1) is 0 Å². The van der Waals surface area contributed by atoms with Crippen molar-refractivity contribution in [2.24, 2.45) is 4.99 Å². The molecule has 160 valence electrons. The Morgan fingerprint density at radius 2 is 2.17 bits per heavy atom. The monoisotopic (exact) mass is 427 g/mol. The van der Waals surface area contributed by atoms with Crippen LogP contribution in [0.15, 0.2) is 46.2 Å². The number of guanidine groups is 1. The van der Waals surface area contributed by atoms with E-state index in [4.69, 9.17) is 4.99 Å².